The Hall–Kier alpha value is -1.26. The van der Waals surface area contributed by atoms with E-state index < -0.39 is 0 Å². The predicted molar refractivity (Wildman–Crippen MR) is 71.6 cm³/mol. The molecule has 98 valence electrons. The normalized spacial score (nSPS) is 17.8. The monoisotopic (exact) mass is 247 g/mol. The largest absolute Gasteiger partial charge is 0.311 e. The Kier molecular flexibility index (Phi) is 4.84. The van der Waals surface area contributed by atoms with Gasteiger partial charge in [0, 0.05) is 18.3 Å². The lowest BCUT2D eigenvalue weighted by molar-refractivity contribution is 0.112. The number of hydrogen-bond donors (Lipinski definition) is 1. The molecule has 0 aromatic carbocycles. The summed E-state index contributed by atoms with van der Waals surface area (Å²) in [5.74, 6) is 0.774. The zero-order valence-corrected chi connectivity index (χ0v) is 10.9. The van der Waals surface area contributed by atoms with E-state index >= 15 is 0 Å². The zero-order valence-electron chi connectivity index (χ0n) is 10.9. The molecule has 1 fully saturated rings. The van der Waals surface area contributed by atoms with E-state index in [4.69, 9.17) is 0 Å². The van der Waals surface area contributed by atoms with Crippen molar-refractivity contribution in [3.05, 3.63) is 29.6 Å². The first-order chi connectivity index (χ1) is 8.78. The Morgan fingerprint density at radius 3 is 3.00 bits per heavy atom. The van der Waals surface area contributed by atoms with Gasteiger partial charge in [0.05, 0.1) is 5.69 Å². The maximum absolute atomic E-state index is 10.7. The number of likely N-dealkylation sites (tertiary alicyclic amines) is 1. The first-order valence-electron chi connectivity index (χ1n) is 6.57. The molecule has 0 bridgehead atoms. The summed E-state index contributed by atoms with van der Waals surface area (Å²) in [5, 5.41) is 3.44. The zero-order chi connectivity index (χ0) is 12.8. The molecule has 1 aliphatic rings. The SMILES string of the molecule is CN1CCC(CNCc2cc(C=O)ccn2)CC1. The van der Waals surface area contributed by atoms with Gasteiger partial charge in [-0.2, -0.15) is 0 Å². The van der Waals surface area contributed by atoms with E-state index in [0.717, 1.165) is 31.0 Å². The molecule has 4 heteroatoms. The van der Waals surface area contributed by atoms with Gasteiger partial charge in [0.25, 0.3) is 0 Å². The van der Waals surface area contributed by atoms with E-state index in [9.17, 15) is 4.79 Å². The second-order valence-electron chi connectivity index (χ2n) is 5.08. The highest BCUT2D eigenvalue weighted by atomic mass is 16.1. The van der Waals surface area contributed by atoms with Crippen molar-refractivity contribution in [2.45, 2.75) is 19.4 Å². The third-order valence-corrected chi connectivity index (χ3v) is 3.55. The summed E-state index contributed by atoms with van der Waals surface area (Å²) in [6.45, 7) is 4.19. The summed E-state index contributed by atoms with van der Waals surface area (Å²) in [4.78, 5) is 17.3. The van der Waals surface area contributed by atoms with Gasteiger partial charge in [-0.1, -0.05) is 0 Å². The highest BCUT2D eigenvalue weighted by molar-refractivity contribution is 5.74. The average molecular weight is 247 g/mol. The van der Waals surface area contributed by atoms with E-state index in [1.165, 1.54) is 25.9 Å². The molecule has 0 amide bonds. The topological polar surface area (TPSA) is 45.2 Å². The third kappa shape index (κ3) is 3.89. The van der Waals surface area contributed by atoms with Crippen LogP contribution in [0.3, 0.4) is 0 Å². The Bertz CT molecular complexity index is 386. The molecule has 4 nitrogen and oxygen atoms in total. The van der Waals surface area contributed by atoms with Crippen molar-refractivity contribution >= 4 is 6.29 Å². The molecule has 0 unspecified atom stereocenters. The van der Waals surface area contributed by atoms with E-state index in [0.29, 0.717) is 5.56 Å². The van der Waals surface area contributed by atoms with Crippen molar-refractivity contribution in [1.29, 1.82) is 0 Å². The lowest BCUT2D eigenvalue weighted by atomic mass is 9.97. The van der Waals surface area contributed by atoms with Gasteiger partial charge in [-0.3, -0.25) is 9.78 Å². The molecule has 0 atom stereocenters. The van der Waals surface area contributed by atoms with Crippen LogP contribution in [0.25, 0.3) is 0 Å². The first-order valence-corrected chi connectivity index (χ1v) is 6.57. The summed E-state index contributed by atoms with van der Waals surface area (Å²) in [5.41, 5.74) is 1.63. The molecule has 2 rings (SSSR count). The van der Waals surface area contributed by atoms with Gasteiger partial charge in [0.1, 0.15) is 6.29 Å². The Morgan fingerprint density at radius 1 is 1.50 bits per heavy atom. The van der Waals surface area contributed by atoms with Crippen LogP contribution >= 0.6 is 0 Å². The molecule has 1 N–H and O–H groups in total. The fourth-order valence-electron chi connectivity index (χ4n) is 2.34. The highest BCUT2D eigenvalue weighted by Gasteiger charge is 2.15. The van der Waals surface area contributed by atoms with Gasteiger partial charge < -0.3 is 10.2 Å². The Labute approximate surface area is 108 Å². The van der Waals surface area contributed by atoms with E-state index in [-0.39, 0.29) is 0 Å². The Morgan fingerprint density at radius 2 is 2.28 bits per heavy atom. The molecule has 0 saturated carbocycles. The molecule has 0 aliphatic carbocycles. The molecule has 0 spiro atoms. The molecule has 1 aliphatic heterocycles. The fourth-order valence-corrected chi connectivity index (χ4v) is 2.34. The minimum atomic E-state index is 0.695. The summed E-state index contributed by atoms with van der Waals surface area (Å²) < 4.78 is 0. The van der Waals surface area contributed by atoms with Crippen LogP contribution in [-0.4, -0.2) is 42.9 Å². The predicted octanol–water partition coefficient (Wildman–Crippen LogP) is 1.33. The maximum Gasteiger partial charge on any atom is 0.150 e. The average Bonchev–Trinajstić information content (AvgIpc) is 2.41. The standard InChI is InChI=1S/C14H21N3O/c1-17-6-3-12(4-7-17)9-15-10-14-8-13(11-18)2-5-16-14/h2,5,8,11-12,15H,3-4,6-7,9-10H2,1H3. The third-order valence-electron chi connectivity index (χ3n) is 3.55. The number of aromatic nitrogens is 1. The van der Waals surface area contributed by atoms with Crippen LogP contribution in [0.2, 0.25) is 0 Å². The van der Waals surface area contributed by atoms with Crippen molar-refractivity contribution < 1.29 is 4.79 Å². The van der Waals surface area contributed by atoms with Crippen LogP contribution in [0.1, 0.15) is 28.9 Å². The van der Waals surface area contributed by atoms with Crippen LogP contribution in [-0.2, 0) is 6.54 Å². The quantitative estimate of drug-likeness (QED) is 0.797. The van der Waals surface area contributed by atoms with Crippen molar-refractivity contribution in [2.75, 3.05) is 26.7 Å². The van der Waals surface area contributed by atoms with E-state index in [1.807, 2.05) is 6.07 Å². The smallest absolute Gasteiger partial charge is 0.150 e. The number of pyridine rings is 1. The van der Waals surface area contributed by atoms with Crippen LogP contribution < -0.4 is 5.32 Å². The minimum absolute atomic E-state index is 0.695. The molecule has 18 heavy (non-hydrogen) atoms. The van der Waals surface area contributed by atoms with Crippen LogP contribution in [0.4, 0.5) is 0 Å². The van der Waals surface area contributed by atoms with Crippen molar-refractivity contribution in [1.82, 2.24) is 15.2 Å². The number of piperidine rings is 1. The number of hydrogen-bond acceptors (Lipinski definition) is 4. The lowest BCUT2D eigenvalue weighted by Gasteiger charge is -2.29. The maximum atomic E-state index is 10.7. The minimum Gasteiger partial charge on any atom is -0.311 e. The van der Waals surface area contributed by atoms with Crippen molar-refractivity contribution in [2.24, 2.45) is 5.92 Å². The number of nitrogens with zero attached hydrogens (tertiary/aromatic N) is 2. The highest BCUT2D eigenvalue weighted by Crippen LogP contribution is 2.14. The molecular formula is C14H21N3O. The molecule has 1 aromatic rings. The van der Waals surface area contributed by atoms with Gasteiger partial charge in [-0.15, -0.1) is 0 Å². The van der Waals surface area contributed by atoms with Gasteiger partial charge >= 0.3 is 0 Å². The molecule has 1 aromatic heterocycles. The van der Waals surface area contributed by atoms with Crippen LogP contribution in [0.5, 0.6) is 0 Å². The Balaban J connectivity index is 1.73. The molecular weight excluding hydrogens is 226 g/mol. The van der Waals surface area contributed by atoms with Crippen LogP contribution in [0, 0.1) is 5.92 Å². The van der Waals surface area contributed by atoms with Gasteiger partial charge in [-0.05, 0) is 57.6 Å². The van der Waals surface area contributed by atoms with Crippen LogP contribution in [0.15, 0.2) is 18.3 Å². The number of carbonyl (C=O) groups excluding carboxylic acids is 1. The van der Waals surface area contributed by atoms with Crippen molar-refractivity contribution in [3.63, 3.8) is 0 Å². The summed E-state index contributed by atoms with van der Waals surface area (Å²) in [7, 11) is 2.18. The summed E-state index contributed by atoms with van der Waals surface area (Å²) >= 11 is 0. The number of rotatable bonds is 5. The molecule has 2 heterocycles. The second kappa shape index (κ2) is 6.61. The summed E-state index contributed by atoms with van der Waals surface area (Å²) in [6.07, 6.45) is 5.09. The number of aldehydes is 1. The number of nitrogens with one attached hydrogen (secondary N) is 1. The van der Waals surface area contributed by atoms with Gasteiger partial charge in [0.2, 0.25) is 0 Å². The van der Waals surface area contributed by atoms with E-state index in [2.05, 4.69) is 22.2 Å². The van der Waals surface area contributed by atoms with Crippen molar-refractivity contribution in [3.8, 4) is 0 Å². The first kappa shape index (κ1) is 13.2. The number of carbonyl (C=O) groups is 1. The lowest BCUT2D eigenvalue weighted by Crippen LogP contribution is -2.34. The van der Waals surface area contributed by atoms with Gasteiger partial charge in [-0.25, -0.2) is 0 Å². The molecule has 1 saturated heterocycles. The molecule has 0 radical (unpaired) electrons. The fraction of sp³-hybridized carbons (Fsp3) is 0.571. The summed E-state index contributed by atoms with van der Waals surface area (Å²) in [6, 6.07) is 3.57. The van der Waals surface area contributed by atoms with Gasteiger partial charge in [0.15, 0.2) is 0 Å². The second-order valence-corrected chi connectivity index (χ2v) is 5.08. The van der Waals surface area contributed by atoms with E-state index in [1.54, 1.807) is 12.3 Å².